The van der Waals surface area contributed by atoms with Gasteiger partial charge >= 0.3 is 0 Å². The molecule has 0 aliphatic heterocycles. The Kier molecular flexibility index (Phi) is 3.52. The minimum Gasteiger partial charge on any atom is -0.333 e. The van der Waals surface area contributed by atoms with Crippen molar-refractivity contribution in [3.05, 3.63) is 34.1 Å². The maximum atomic E-state index is 13.0. The number of halogens is 2. The van der Waals surface area contributed by atoms with E-state index in [9.17, 15) is 9.18 Å². The monoisotopic (exact) mass is 299 g/mol. The second kappa shape index (κ2) is 4.77. The zero-order valence-corrected chi connectivity index (χ0v) is 11.5. The first-order valence-corrected chi connectivity index (χ1v) is 6.57. The predicted molar refractivity (Wildman–Crippen MR) is 68.4 cm³/mol. The molecule has 1 aliphatic rings. The number of carbonyl (C=O) groups excluding carboxylic acids is 1. The van der Waals surface area contributed by atoms with Crippen molar-refractivity contribution < 1.29 is 9.18 Å². The second-order valence-electron chi connectivity index (χ2n) is 4.66. The SMILES string of the molecule is CC(C)N(C(=O)c1ccc(F)cc1Br)C1CC1. The van der Waals surface area contributed by atoms with Gasteiger partial charge in [-0.1, -0.05) is 0 Å². The van der Waals surface area contributed by atoms with Gasteiger partial charge in [-0.05, 0) is 60.8 Å². The first-order chi connectivity index (χ1) is 8.00. The first kappa shape index (κ1) is 12.6. The number of amides is 1. The largest absolute Gasteiger partial charge is 0.333 e. The van der Waals surface area contributed by atoms with Gasteiger partial charge in [0.2, 0.25) is 0 Å². The zero-order chi connectivity index (χ0) is 12.6. The topological polar surface area (TPSA) is 20.3 Å². The third-order valence-electron chi connectivity index (χ3n) is 2.89. The molecule has 0 atom stereocenters. The number of hydrogen-bond acceptors (Lipinski definition) is 1. The summed E-state index contributed by atoms with van der Waals surface area (Å²) in [5.74, 6) is -0.356. The summed E-state index contributed by atoms with van der Waals surface area (Å²) < 4.78 is 13.5. The number of rotatable bonds is 3. The molecule has 0 bridgehead atoms. The van der Waals surface area contributed by atoms with E-state index in [2.05, 4.69) is 15.9 Å². The highest BCUT2D eigenvalue weighted by Crippen LogP contribution is 2.31. The summed E-state index contributed by atoms with van der Waals surface area (Å²) in [7, 11) is 0. The van der Waals surface area contributed by atoms with Crippen molar-refractivity contribution in [1.82, 2.24) is 4.90 Å². The maximum absolute atomic E-state index is 13.0. The molecule has 2 nitrogen and oxygen atoms in total. The van der Waals surface area contributed by atoms with Crippen LogP contribution in [0.2, 0.25) is 0 Å². The second-order valence-corrected chi connectivity index (χ2v) is 5.52. The first-order valence-electron chi connectivity index (χ1n) is 5.78. The smallest absolute Gasteiger partial charge is 0.255 e. The van der Waals surface area contributed by atoms with E-state index in [-0.39, 0.29) is 17.8 Å². The van der Waals surface area contributed by atoms with Crippen molar-refractivity contribution in [3.63, 3.8) is 0 Å². The van der Waals surface area contributed by atoms with Crippen LogP contribution in [0, 0.1) is 5.82 Å². The number of carbonyl (C=O) groups is 1. The van der Waals surface area contributed by atoms with E-state index in [0.717, 1.165) is 12.8 Å². The summed E-state index contributed by atoms with van der Waals surface area (Å²) in [6, 6.07) is 4.73. The van der Waals surface area contributed by atoms with Crippen LogP contribution in [0.15, 0.2) is 22.7 Å². The Hall–Kier alpha value is -0.900. The van der Waals surface area contributed by atoms with E-state index in [0.29, 0.717) is 16.1 Å². The van der Waals surface area contributed by atoms with Crippen molar-refractivity contribution in [2.45, 2.75) is 38.8 Å². The molecule has 0 N–H and O–H groups in total. The van der Waals surface area contributed by atoms with Gasteiger partial charge in [-0.3, -0.25) is 4.79 Å². The molecule has 0 heterocycles. The maximum Gasteiger partial charge on any atom is 0.255 e. The summed E-state index contributed by atoms with van der Waals surface area (Å²) in [4.78, 5) is 14.3. The van der Waals surface area contributed by atoms with Gasteiger partial charge < -0.3 is 4.90 Å². The average Bonchev–Trinajstić information content (AvgIpc) is 3.01. The van der Waals surface area contributed by atoms with Gasteiger partial charge in [0, 0.05) is 16.6 Å². The van der Waals surface area contributed by atoms with Crippen LogP contribution in [0.25, 0.3) is 0 Å². The normalized spacial score (nSPS) is 15.1. The Morgan fingerprint density at radius 3 is 2.59 bits per heavy atom. The molecule has 0 spiro atoms. The van der Waals surface area contributed by atoms with Crippen LogP contribution in [0.4, 0.5) is 4.39 Å². The Morgan fingerprint density at radius 1 is 1.47 bits per heavy atom. The Labute approximate surface area is 109 Å². The minimum absolute atomic E-state index is 0.0191. The van der Waals surface area contributed by atoms with Gasteiger partial charge in [0.25, 0.3) is 5.91 Å². The molecule has 1 aromatic rings. The molecule has 0 aromatic heterocycles. The van der Waals surface area contributed by atoms with Crippen LogP contribution in [-0.2, 0) is 0 Å². The molecular formula is C13H15BrFNO. The predicted octanol–water partition coefficient (Wildman–Crippen LogP) is 3.60. The van der Waals surface area contributed by atoms with Gasteiger partial charge in [0.05, 0.1) is 5.56 Å². The van der Waals surface area contributed by atoms with E-state index in [1.54, 1.807) is 6.07 Å². The average molecular weight is 300 g/mol. The van der Waals surface area contributed by atoms with Gasteiger partial charge in [-0.15, -0.1) is 0 Å². The molecule has 1 aliphatic carbocycles. The highest BCUT2D eigenvalue weighted by atomic mass is 79.9. The van der Waals surface area contributed by atoms with Gasteiger partial charge in [-0.25, -0.2) is 4.39 Å². The molecule has 4 heteroatoms. The third-order valence-corrected chi connectivity index (χ3v) is 3.55. The van der Waals surface area contributed by atoms with E-state index < -0.39 is 0 Å². The van der Waals surface area contributed by atoms with Crippen LogP contribution < -0.4 is 0 Å². The van der Waals surface area contributed by atoms with Crippen molar-refractivity contribution in [2.75, 3.05) is 0 Å². The van der Waals surface area contributed by atoms with Crippen LogP contribution in [-0.4, -0.2) is 22.9 Å². The van der Waals surface area contributed by atoms with Gasteiger partial charge in [0.15, 0.2) is 0 Å². The van der Waals surface area contributed by atoms with Crippen LogP contribution >= 0.6 is 15.9 Å². The van der Waals surface area contributed by atoms with Gasteiger partial charge in [-0.2, -0.15) is 0 Å². The quantitative estimate of drug-likeness (QED) is 0.835. The Bertz CT molecular complexity index is 441. The Morgan fingerprint density at radius 2 is 2.12 bits per heavy atom. The lowest BCUT2D eigenvalue weighted by atomic mass is 10.1. The molecule has 0 radical (unpaired) electrons. The van der Waals surface area contributed by atoms with Crippen molar-refractivity contribution in [2.24, 2.45) is 0 Å². The molecule has 0 unspecified atom stereocenters. The summed E-state index contributed by atoms with van der Waals surface area (Å²) in [5.41, 5.74) is 0.534. The highest BCUT2D eigenvalue weighted by molar-refractivity contribution is 9.10. The summed E-state index contributed by atoms with van der Waals surface area (Å²) >= 11 is 3.25. The fraction of sp³-hybridized carbons (Fsp3) is 0.462. The highest BCUT2D eigenvalue weighted by Gasteiger charge is 2.35. The number of benzene rings is 1. The summed E-state index contributed by atoms with van der Waals surface area (Å²) in [6.45, 7) is 4.02. The fourth-order valence-electron chi connectivity index (χ4n) is 1.98. The molecule has 17 heavy (non-hydrogen) atoms. The third kappa shape index (κ3) is 2.68. The van der Waals surface area contributed by atoms with E-state index in [1.165, 1.54) is 12.1 Å². The van der Waals surface area contributed by atoms with E-state index >= 15 is 0 Å². The van der Waals surface area contributed by atoms with E-state index in [4.69, 9.17) is 0 Å². The van der Waals surface area contributed by atoms with Crippen LogP contribution in [0.3, 0.4) is 0 Å². The lowest BCUT2D eigenvalue weighted by molar-refractivity contribution is 0.0689. The van der Waals surface area contributed by atoms with Gasteiger partial charge in [0.1, 0.15) is 5.82 Å². The lowest BCUT2D eigenvalue weighted by Gasteiger charge is -2.27. The fourth-order valence-corrected chi connectivity index (χ4v) is 2.50. The number of hydrogen-bond donors (Lipinski definition) is 0. The molecular weight excluding hydrogens is 285 g/mol. The molecule has 0 saturated heterocycles. The molecule has 1 fully saturated rings. The molecule has 92 valence electrons. The van der Waals surface area contributed by atoms with E-state index in [1.807, 2.05) is 18.7 Å². The zero-order valence-electron chi connectivity index (χ0n) is 9.91. The van der Waals surface area contributed by atoms with Crippen molar-refractivity contribution in [1.29, 1.82) is 0 Å². The van der Waals surface area contributed by atoms with Crippen molar-refractivity contribution in [3.8, 4) is 0 Å². The summed E-state index contributed by atoms with van der Waals surface area (Å²) in [5, 5.41) is 0. The standard InChI is InChI=1S/C13H15BrFNO/c1-8(2)16(10-4-5-10)13(17)11-6-3-9(15)7-12(11)14/h3,6-8,10H,4-5H2,1-2H3. The molecule has 1 amide bonds. The van der Waals surface area contributed by atoms with Crippen LogP contribution in [0.1, 0.15) is 37.0 Å². The number of nitrogens with zero attached hydrogens (tertiary/aromatic N) is 1. The summed E-state index contributed by atoms with van der Waals surface area (Å²) in [6.07, 6.45) is 2.14. The lowest BCUT2D eigenvalue weighted by Crippen LogP contribution is -2.38. The Balaban J connectivity index is 2.28. The minimum atomic E-state index is -0.337. The van der Waals surface area contributed by atoms with Crippen LogP contribution in [0.5, 0.6) is 0 Å². The molecule has 1 aromatic carbocycles. The molecule has 1 saturated carbocycles. The van der Waals surface area contributed by atoms with Crippen molar-refractivity contribution >= 4 is 21.8 Å². The molecule has 2 rings (SSSR count).